The number of halogens is 1. The van der Waals surface area contributed by atoms with Gasteiger partial charge >= 0.3 is 0 Å². The summed E-state index contributed by atoms with van der Waals surface area (Å²) < 4.78 is 0. The van der Waals surface area contributed by atoms with Gasteiger partial charge in [0, 0.05) is 10.9 Å². The van der Waals surface area contributed by atoms with Gasteiger partial charge in [-0.25, -0.2) is 0 Å². The predicted octanol–water partition coefficient (Wildman–Crippen LogP) is 5.07. The maximum absolute atomic E-state index is 6.03. The van der Waals surface area contributed by atoms with Gasteiger partial charge in [0.15, 0.2) is 0 Å². The third-order valence-electron chi connectivity index (χ3n) is 4.36. The molecule has 2 aliphatic rings. The fourth-order valence-corrected chi connectivity index (χ4v) is 3.36. The fourth-order valence-electron chi connectivity index (χ4n) is 3.24. The lowest BCUT2D eigenvalue weighted by molar-refractivity contribution is 0.602. The average Bonchev–Trinajstić information content (AvgIpc) is 2.78. The summed E-state index contributed by atoms with van der Waals surface area (Å²) in [4.78, 5) is 0. The Kier molecular flexibility index (Phi) is 3.76. The van der Waals surface area contributed by atoms with Gasteiger partial charge in [-0.2, -0.15) is 5.10 Å². The number of rotatable bonds is 2. The molecule has 2 atom stereocenters. The van der Waals surface area contributed by atoms with E-state index in [1.165, 1.54) is 0 Å². The first kappa shape index (κ1) is 14.3. The van der Waals surface area contributed by atoms with Crippen molar-refractivity contribution in [1.82, 2.24) is 0 Å². The number of fused-ring (bicyclic) bond motifs is 1. The summed E-state index contributed by atoms with van der Waals surface area (Å²) >= 11 is 6.03. The number of para-hydroxylation sites is 1. The number of nitrogens with zero attached hydrogens (tertiary/aromatic N) is 2. The second-order valence-corrected chi connectivity index (χ2v) is 6.25. The summed E-state index contributed by atoms with van der Waals surface area (Å²) in [5, 5.41) is 7.88. The van der Waals surface area contributed by atoms with Crippen LogP contribution in [0.3, 0.4) is 0 Å². The summed E-state index contributed by atoms with van der Waals surface area (Å²) in [7, 11) is 0. The van der Waals surface area contributed by atoms with Crippen molar-refractivity contribution < 1.29 is 0 Å². The second kappa shape index (κ2) is 6.05. The maximum atomic E-state index is 6.03. The Bertz CT molecular complexity index is 775. The van der Waals surface area contributed by atoms with Gasteiger partial charge in [-0.3, -0.25) is 5.01 Å². The molecule has 3 heteroatoms. The first-order chi connectivity index (χ1) is 11.3. The maximum Gasteiger partial charge on any atom is 0.0772 e. The Hall–Kier alpha value is -2.32. The number of benzene rings is 2. The van der Waals surface area contributed by atoms with Crippen molar-refractivity contribution in [2.45, 2.75) is 12.5 Å². The van der Waals surface area contributed by atoms with E-state index < -0.39 is 0 Å². The summed E-state index contributed by atoms with van der Waals surface area (Å²) in [6.45, 7) is 0. The normalized spacial score (nSPS) is 22.7. The minimum absolute atomic E-state index is 0.284. The van der Waals surface area contributed by atoms with E-state index in [9.17, 15) is 0 Å². The van der Waals surface area contributed by atoms with Crippen molar-refractivity contribution in [2.75, 3.05) is 5.01 Å². The number of hydrogen-bond donors (Lipinski definition) is 0. The minimum atomic E-state index is 0.284. The van der Waals surface area contributed by atoms with Gasteiger partial charge in [-0.05, 0) is 36.2 Å². The molecule has 1 aliphatic heterocycles. The largest absolute Gasteiger partial charge is 0.261 e. The molecule has 1 aliphatic carbocycles. The van der Waals surface area contributed by atoms with Gasteiger partial charge in [0.1, 0.15) is 0 Å². The van der Waals surface area contributed by atoms with Gasteiger partial charge in [0.25, 0.3) is 0 Å². The van der Waals surface area contributed by atoms with E-state index in [0.717, 1.165) is 28.4 Å². The molecule has 114 valence electrons. The van der Waals surface area contributed by atoms with Gasteiger partial charge < -0.3 is 0 Å². The lowest BCUT2D eigenvalue weighted by Gasteiger charge is -2.25. The minimum Gasteiger partial charge on any atom is -0.261 e. The van der Waals surface area contributed by atoms with E-state index in [1.807, 2.05) is 18.2 Å². The highest BCUT2D eigenvalue weighted by Crippen LogP contribution is 2.34. The summed E-state index contributed by atoms with van der Waals surface area (Å²) in [6.07, 6.45) is 9.71. The lowest BCUT2D eigenvalue weighted by atomic mass is 9.90. The van der Waals surface area contributed by atoms with E-state index in [0.29, 0.717) is 6.04 Å². The van der Waals surface area contributed by atoms with E-state index in [2.05, 4.69) is 65.7 Å². The molecule has 0 unspecified atom stereocenters. The number of anilines is 1. The molecule has 4 rings (SSSR count). The molecule has 0 aromatic heterocycles. The predicted molar refractivity (Wildman–Crippen MR) is 97.1 cm³/mol. The molecule has 23 heavy (non-hydrogen) atoms. The van der Waals surface area contributed by atoms with Crippen molar-refractivity contribution >= 4 is 23.0 Å². The summed E-state index contributed by atoms with van der Waals surface area (Å²) in [5.74, 6) is 0.284. The van der Waals surface area contributed by atoms with Crippen LogP contribution in [0.5, 0.6) is 0 Å². The van der Waals surface area contributed by atoms with Crippen molar-refractivity contribution in [2.24, 2.45) is 11.0 Å². The Labute approximate surface area is 141 Å². The number of hydrazone groups is 1. The van der Waals surface area contributed by atoms with Crippen LogP contribution in [-0.4, -0.2) is 11.8 Å². The average molecular weight is 321 g/mol. The monoisotopic (exact) mass is 320 g/mol. The van der Waals surface area contributed by atoms with Crippen LogP contribution >= 0.6 is 11.6 Å². The molecule has 0 saturated carbocycles. The smallest absolute Gasteiger partial charge is 0.0772 e. The van der Waals surface area contributed by atoms with Crippen LogP contribution < -0.4 is 5.01 Å². The summed E-state index contributed by atoms with van der Waals surface area (Å²) in [6, 6.07) is 18.7. The molecule has 0 fully saturated rings. The lowest BCUT2D eigenvalue weighted by Crippen LogP contribution is -2.31. The quantitative estimate of drug-likeness (QED) is 0.754. The van der Waals surface area contributed by atoms with Crippen LogP contribution in [-0.2, 0) is 0 Å². The third kappa shape index (κ3) is 2.71. The number of allylic oxidation sites excluding steroid dienone is 2. The fraction of sp³-hybridized carbons (Fsp3) is 0.150. The second-order valence-electron chi connectivity index (χ2n) is 5.81. The van der Waals surface area contributed by atoms with Crippen molar-refractivity contribution in [3.05, 3.63) is 89.5 Å². The van der Waals surface area contributed by atoms with E-state index in [4.69, 9.17) is 16.7 Å². The van der Waals surface area contributed by atoms with Gasteiger partial charge in [-0.1, -0.05) is 66.2 Å². The van der Waals surface area contributed by atoms with Gasteiger partial charge in [0.05, 0.1) is 17.4 Å². The standard InChI is InChI=1S/C20H17ClN2/c21-16-13-11-15(12-14-16)20-18-9-5-2-6-10-19(18)23(22-20)17-7-3-1-4-8-17/h1-9,11-14,18-19H,10H2/t18-,19+/m0/s1. The van der Waals surface area contributed by atoms with Crippen LogP contribution in [0, 0.1) is 5.92 Å². The Morgan fingerprint density at radius 1 is 0.957 bits per heavy atom. The molecule has 2 aromatic rings. The first-order valence-corrected chi connectivity index (χ1v) is 8.23. The van der Waals surface area contributed by atoms with Crippen molar-refractivity contribution in [3.63, 3.8) is 0 Å². The zero-order valence-electron chi connectivity index (χ0n) is 12.6. The van der Waals surface area contributed by atoms with Crippen molar-refractivity contribution in [1.29, 1.82) is 0 Å². The number of hydrogen-bond acceptors (Lipinski definition) is 2. The van der Waals surface area contributed by atoms with E-state index >= 15 is 0 Å². The highest BCUT2D eigenvalue weighted by atomic mass is 35.5. The summed E-state index contributed by atoms with van der Waals surface area (Å²) in [5.41, 5.74) is 3.38. The van der Waals surface area contributed by atoms with Gasteiger partial charge in [-0.15, -0.1) is 0 Å². The van der Waals surface area contributed by atoms with Crippen LogP contribution in [0.2, 0.25) is 5.02 Å². The molecule has 0 N–H and O–H groups in total. The molecule has 2 nitrogen and oxygen atoms in total. The molecule has 0 saturated heterocycles. The Morgan fingerprint density at radius 3 is 2.52 bits per heavy atom. The zero-order valence-corrected chi connectivity index (χ0v) is 13.4. The molecule has 0 radical (unpaired) electrons. The van der Waals surface area contributed by atoms with Crippen LogP contribution in [0.25, 0.3) is 0 Å². The highest BCUT2D eigenvalue weighted by Gasteiger charge is 2.36. The van der Waals surface area contributed by atoms with E-state index in [-0.39, 0.29) is 5.92 Å². The molecule has 0 bridgehead atoms. The third-order valence-corrected chi connectivity index (χ3v) is 4.62. The molecule has 1 heterocycles. The SMILES string of the molecule is Clc1ccc(C2=NN(c3ccccc3)[C@@H]3CC=CC=C[C@H]23)cc1. The Morgan fingerprint density at radius 2 is 1.74 bits per heavy atom. The molecular formula is C20H17ClN2. The Balaban J connectivity index is 1.78. The van der Waals surface area contributed by atoms with Crippen LogP contribution in [0.15, 0.2) is 84.0 Å². The highest BCUT2D eigenvalue weighted by molar-refractivity contribution is 6.30. The molecule has 0 amide bonds. The van der Waals surface area contributed by atoms with Gasteiger partial charge in [0.2, 0.25) is 0 Å². The topological polar surface area (TPSA) is 15.6 Å². The van der Waals surface area contributed by atoms with Crippen LogP contribution in [0.4, 0.5) is 5.69 Å². The zero-order chi connectivity index (χ0) is 15.6. The molecule has 0 spiro atoms. The molecular weight excluding hydrogens is 304 g/mol. The first-order valence-electron chi connectivity index (χ1n) is 7.85. The van der Waals surface area contributed by atoms with Crippen molar-refractivity contribution in [3.8, 4) is 0 Å². The van der Waals surface area contributed by atoms with Crippen LogP contribution in [0.1, 0.15) is 12.0 Å². The molecule has 2 aromatic carbocycles. The van der Waals surface area contributed by atoms with E-state index in [1.54, 1.807) is 0 Å².